The van der Waals surface area contributed by atoms with E-state index in [1.165, 1.54) is 11.8 Å². The summed E-state index contributed by atoms with van der Waals surface area (Å²) in [4.78, 5) is 5.87. The van der Waals surface area contributed by atoms with Crippen LogP contribution in [-0.2, 0) is 6.42 Å². The molecule has 0 bridgehead atoms. The first-order chi connectivity index (χ1) is 16.3. The van der Waals surface area contributed by atoms with Gasteiger partial charge < -0.3 is 0 Å². The number of nitriles is 2. The molecule has 2 heterocycles. The maximum atomic E-state index is 10.3. The number of benzene rings is 3. The Kier molecular flexibility index (Phi) is 5.64. The van der Waals surface area contributed by atoms with Crippen LogP contribution in [0, 0.1) is 22.7 Å². The van der Waals surface area contributed by atoms with Crippen LogP contribution in [0.25, 0.3) is 16.8 Å². The van der Waals surface area contributed by atoms with E-state index in [1.807, 2.05) is 89.5 Å². The molecule has 5 heteroatoms. The normalized spacial score (nSPS) is 10.6. The minimum Gasteiger partial charge on any atom is -0.292 e. The molecule has 33 heavy (non-hydrogen) atoms. The second-order valence-corrected chi connectivity index (χ2v) is 8.59. The number of fused-ring (bicyclic) bond motifs is 1. The summed E-state index contributed by atoms with van der Waals surface area (Å²) in [5.41, 5.74) is 4.90. The van der Waals surface area contributed by atoms with Gasteiger partial charge in [0, 0.05) is 23.1 Å². The first kappa shape index (κ1) is 20.6. The van der Waals surface area contributed by atoms with E-state index in [1.54, 1.807) is 0 Å². The van der Waals surface area contributed by atoms with E-state index in [4.69, 9.17) is 4.98 Å². The number of nitrogens with zero attached hydrogens (tertiary/aromatic N) is 4. The predicted octanol–water partition coefficient (Wildman–Crippen LogP) is 6.49. The lowest BCUT2D eigenvalue weighted by Gasteiger charge is -2.14. The number of imidazole rings is 1. The first-order valence-corrected chi connectivity index (χ1v) is 11.3. The molecule has 0 N–H and O–H groups in total. The molecular weight excluding hydrogens is 424 g/mol. The molecule has 0 aliphatic rings. The van der Waals surface area contributed by atoms with E-state index in [2.05, 4.69) is 24.3 Å². The van der Waals surface area contributed by atoms with Crippen molar-refractivity contribution in [1.29, 1.82) is 10.5 Å². The fraction of sp³-hybridized carbons (Fsp3) is 0.0357. The van der Waals surface area contributed by atoms with Crippen LogP contribution < -0.4 is 0 Å². The van der Waals surface area contributed by atoms with E-state index in [-0.39, 0.29) is 0 Å². The van der Waals surface area contributed by atoms with Crippen molar-refractivity contribution in [3.63, 3.8) is 0 Å². The average Bonchev–Trinajstić information content (AvgIpc) is 3.29. The Morgan fingerprint density at radius 3 is 2.00 bits per heavy atom. The summed E-state index contributed by atoms with van der Waals surface area (Å²) in [5.74, 6) is 0. The summed E-state index contributed by atoms with van der Waals surface area (Å²) >= 11 is 1.51. The molecule has 0 saturated carbocycles. The summed E-state index contributed by atoms with van der Waals surface area (Å²) < 4.78 is 1.90. The third kappa shape index (κ3) is 3.99. The van der Waals surface area contributed by atoms with Crippen molar-refractivity contribution >= 4 is 17.4 Å². The molecule has 0 spiro atoms. The van der Waals surface area contributed by atoms with Crippen molar-refractivity contribution < 1.29 is 0 Å². The Labute approximate surface area is 196 Å². The lowest BCUT2D eigenvalue weighted by atomic mass is 9.97. The second-order valence-electron chi connectivity index (χ2n) is 7.52. The number of rotatable bonds is 5. The third-order valence-corrected chi connectivity index (χ3v) is 6.49. The van der Waals surface area contributed by atoms with Crippen LogP contribution in [0.4, 0.5) is 0 Å². The summed E-state index contributed by atoms with van der Waals surface area (Å²) in [5, 5.41) is 21.2. The molecule has 0 saturated heterocycles. The lowest BCUT2D eigenvalue weighted by molar-refractivity contribution is 1.00. The topological polar surface area (TPSA) is 64.9 Å². The van der Waals surface area contributed by atoms with Gasteiger partial charge >= 0.3 is 0 Å². The molecule has 0 amide bonds. The van der Waals surface area contributed by atoms with Crippen molar-refractivity contribution in [2.24, 2.45) is 0 Å². The van der Waals surface area contributed by atoms with Gasteiger partial charge in [-0.15, -0.1) is 0 Å². The van der Waals surface area contributed by atoms with Crippen LogP contribution in [0.2, 0.25) is 0 Å². The zero-order valence-corrected chi connectivity index (χ0v) is 18.5. The van der Waals surface area contributed by atoms with Gasteiger partial charge in [0.1, 0.15) is 22.7 Å². The van der Waals surface area contributed by atoms with E-state index in [9.17, 15) is 10.5 Å². The van der Waals surface area contributed by atoms with Gasteiger partial charge in [-0.3, -0.25) is 4.40 Å². The first-order valence-electron chi connectivity index (χ1n) is 10.5. The standard InChI is InChI=1S/C28H18N4S/c29-17-24-26(21-12-6-2-7-13-21)25(18-30)28(33-23-14-8-3-9-15-23)32-19-22(31-27(24)32)16-20-10-4-1-5-11-20/h1-15,19H,16H2. The summed E-state index contributed by atoms with van der Waals surface area (Å²) in [7, 11) is 0. The average molecular weight is 443 g/mol. The van der Waals surface area contributed by atoms with Crippen LogP contribution in [0.5, 0.6) is 0 Å². The Balaban J connectivity index is 1.79. The summed E-state index contributed by atoms with van der Waals surface area (Å²) in [6.07, 6.45) is 2.59. The smallest absolute Gasteiger partial charge is 0.156 e. The van der Waals surface area contributed by atoms with E-state index < -0.39 is 0 Å². The van der Waals surface area contributed by atoms with Gasteiger partial charge in [0.05, 0.1) is 11.3 Å². The number of aromatic nitrogens is 2. The maximum absolute atomic E-state index is 10.3. The van der Waals surface area contributed by atoms with Crippen LogP contribution >= 0.6 is 11.8 Å². The molecule has 0 aliphatic heterocycles. The number of hydrogen-bond acceptors (Lipinski definition) is 4. The fourth-order valence-corrected chi connectivity index (χ4v) is 4.92. The molecule has 5 rings (SSSR count). The zero-order chi connectivity index (χ0) is 22.6. The van der Waals surface area contributed by atoms with Gasteiger partial charge in [0.2, 0.25) is 0 Å². The number of hydrogen-bond donors (Lipinski definition) is 0. The second kappa shape index (κ2) is 9.04. The predicted molar refractivity (Wildman–Crippen MR) is 130 cm³/mol. The highest BCUT2D eigenvalue weighted by molar-refractivity contribution is 7.99. The fourth-order valence-electron chi connectivity index (χ4n) is 3.92. The monoisotopic (exact) mass is 442 g/mol. The Hall–Kier alpha value is -4.32. The lowest BCUT2D eigenvalue weighted by Crippen LogP contribution is -2.01. The Morgan fingerprint density at radius 1 is 0.758 bits per heavy atom. The van der Waals surface area contributed by atoms with Crippen molar-refractivity contribution in [2.75, 3.05) is 0 Å². The van der Waals surface area contributed by atoms with Crippen LogP contribution in [0.1, 0.15) is 22.4 Å². The summed E-state index contributed by atoms with van der Waals surface area (Å²) in [6, 6.07) is 34.4. The van der Waals surface area contributed by atoms with Crippen molar-refractivity contribution in [3.05, 3.63) is 120 Å². The molecule has 4 nitrogen and oxygen atoms in total. The molecule has 2 aromatic heterocycles. The molecule has 0 aliphatic carbocycles. The number of pyridine rings is 1. The van der Waals surface area contributed by atoms with Gasteiger partial charge in [0.25, 0.3) is 0 Å². The van der Waals surface area contributed by atoms with Gasteiger partial charge in [-0.05, 0) is 23.3 Å². The molecule has 156 valence electrons. The molecule has 3 aromatic carbocycles. The van der Waals surface area contributed by atoms with Gasteiger partial charge in [-0.1, -0.05) is 90.6 Å². The summed E-state index contributed by atoms with van der Waals surface area (Å²) in [6.45, 7) is 0. The van der Waals surface area contributed by atoms with Gasteiger partial charge in [-0.2, -0.15) is 10.5 Å². The zero-order valence-electron chi connectivity index (χ0n) is 17.6. The van der Waals surface area contributed by atoms with Crippen molar-refractivity contribution in [2.45, 2.75) is 16.3 Å². The maximum Gasteiger partial charge on any atom is 0.156 e. The Bertz CT molecular complexity index is 1510. The van der Waals surface area contributed by atoms with E-state index in [0.29, 0.717) is 28.8 Å². The minimum atomic E-state index is 0.412. The molecule has 0 atom stereocenters. The highest BCUT2D eigenvalue weighted by Crippen LogP contribution is 2.39. The van der Waals surface area contributed by atoms with Crippen LogP contribution in [0.3, 0.4) is 0 Å². The quantitative estimate of drug-likeness (QED) is 0.312. The van der Waals surface area contributed by atoms with Gasteiger partial charge in [0.15, 0.2) is 5.65 Å². The Morgan fingerprint density at radius 2 is 1.36 bits per heavy atom. The SMILES string of the molecule is N#Cc1c(-c2ccccc2)c(C#N)c2nc(Cc3ccccc3)cn2c1Sc1ccccc1. The molecule has 0 unspecified atom stereocenters. The van der Waals surface area contributed by atoms with Gasteiger partial charge in [-0.25, -0.2) is 4.98 Å². The van der Waals surface area contributed by atoms with Crippen LogP contribution in [0.15, 0.2) is 107 Å². The third-order valence-electron chi connectivity index (χ3n) is 5.38. The molecular formula is C28H18N4S. The van der Waals surface area contributed by atoms with Crippen LogP contribution in [-0.4, -0.2) is 9.38 Å². The largest absolute Gasteiger partial charge is 0.292 e. The van der Waals surface area contributed by atoms with E-state index in [0.717, 1.165) is 26.7 Å². The molecule has 0 fully saturated rings. The van der Waals surface area contributed by atoms with Crippen molar-refractivity contribution in [1.82, 2.24) is 9.38 Å². The minimum absolute atomic E-state index is 0.412. The molecule has 0 radical (unpaired) electrons. The highest BCUT2D eigenvalue weighted by atomic mass is 32.2. The van der Waals surface area contributed by atoms with Crippen molar-refractivity contribution in [3.8, 4) is 23.3 Å². The molecule has 5 aromatic rings. The highest BCUT2D eigenvalue weighted by Gasteiger charge is 2.23. The van der Waals surface area contributed by atoms with E-state index >= 15 is 0 Å².